The zero-order valence-electron chi connectivity index (χ0n) is 13.1. The fourth-order valence-corrected chi connectivity index (χ4v) is 4.92. The van der Waals surface area contributed by atoms with Crippen molar-refractivity contribution in [3.8, 4) is 0 Å². The summed E-state index contributed by atoms with van der Waals surface area (Å²) in [6, 6.07) is 7.09. The molecule has 2 saturated heterocycles. The Morgan fingerprint density at radius 1 is 1.14 bits per heavy atom. The molecule has 120 valence electrons. The Bertz CT molecular complexity index is 674. The molecule has 5 nitrogen and oxygen atoms in total. The summed E-state index contributed by atoms with van der Waals surface area (Å²) in [5, 5.41) is 0. The van der Waals surface area contributed by atoms with Crippen LogP contribution in [0, 0.1) is 5.41 Å². The second kappa shape index (κ2) is 5.35. The highest BCUT2D eigenvalue weighted by atomic mass is 32.2. The summed E-state index contributed by atoms with van der Waals surface area (Å²) < 4.78 is 26.9. The molecule has 0 unspecified atom stereocenters. The molecule has 0 bridgehead atoms. The Labute approximate surface area is 132 Å². The molecule has 0 atom stereocenters. The van der Waals surface area contributed by atoms with Crippen molar-refractivity contribution < 1.29 is 13.2 Å². The number of sulfonamides is 1. The molecule has 0 aliphatic carbocycles. The van der Waals surface area contributed by atoms with Crippen molar-refractivity contribution in [2.45, 2.75) is 31.1 Å². The number of aryl methyl sites for hydroxylation is 1. The number of piperidine rings is 1. The summed E-state index contributed by atoms with van der Waals surface area (Å²) in [6.07, 6.45) is 2.15. The second-order valence-electron chi connectivity index (χ2n) is 6.34. The maximum atomic E-state index is 12.7. The van der Waals surface area contributed by atoms with Gasteiger partial charge < -0.3 is 4.90 Å². The molecule has 2 heterocycles. The van der Waals surface area contributed by atoms with Crippen LogP contribution in [0.15, 0.2) is 29.2 Å². The molecule has 1 aromatic rings. The van der Waals surface area contributed by atoms with E-state index in [4.69, 9.17) is 0 Å². The number of β-lactam (4-membered cyclic amide) rings is 1. The van der Waals surface area contributed by atoms with Gasteiger partial charge in [-0.2, -0.15) is 4.31 Å². The van der Waals surface area contributed by atoms with Gasteiger partial charge >= 0.3 is 0 Å². The SMILES string of the molecule is CCc1ccc(S(=O)(=O)N2CCC3(CC2)CN(C)C3=O)cc1. The van der Waals surface area contributed by atoms with Crippen molar-refractivity contribution in [2.24, 2.45) is 5.41 Å². The van der Waals surface area contributed by atoms with E-state index in [1.165, 1.54) is 4.31 Å². The van der Waals surface area contributed by atoms with E-state index >= 15 is 0 Å². The highest BCUT2D eigenvalue weighted by Gasteiger charge is 2.52. The van der Waals surface area contributed by atoms with Gasteiger partial charge in [0.25, 0.3) is 0 Å². The molecule has 0 N–H and O–H groups in total. The Hall–Kier alpha value is -1.40. The molecule has 2 fully saturated rings. The number of hydrogen-bond donors (Lipinski definition) is 0. The molecule has 1 aromatic carbocycles. The first-order valence-corrected chi connectivity index (χ1v) is 9.18. The van der Waals surface area contributed by atoms with Crippen LogP contribution in [-0.2, 0) is 21.2 Å². The lowest BCUT2D eigenvalue weighted by Crippen LogP contribution is -2.63. The molecule has 0 aromatic heterocycles. The fraction of sp³-hybridized carbons (Fsp3) is 0.562. The highest BCUT2D eigenvalue weighted by Crippen LogP contribution is 2.41. The van der Waals surface area contributed by atoms with Gasteiger partial charge in [0.1, 0.15) is 0 Å². The number of rotatable bonds is 3. The van der Waals surface area contributed by atoms with Gasteiger partial charge in [-0.05, 0) is 37.0 Å². The normalized spacial score (nSPS) is 21.9. The average Bonchev–Trinajstić information content (AvgIpc) is 2.55. The average molecular weight is 322 g/mol. The zero-order chi connectivity index (χ0) is 16.0. The van der Waals surface area contributed by atoms with Gasteiger partial charge in [0.15, 0.2) is 0 Å². The molecule has 3 rings (SSSR count). The maximum Gasteiger partial charge on any atom is 0.243 e. The van der Waals surface area contributed by atoms with Crippen LogP contribution in [0.2, 0.25) is 0 Å². The minimum atomic E-state index is -3.44. The number of carbonyl (C=O) groups excluding carboxylic acids is 1. The van der Waals surface area contributed by atoms with Gasteiger partial charge in [-0.15, -0.1) is 0 Å². The number of nitrogens with zero attached hydrogens (tertiary/aromatic N) is 2. The van der Waals surface area contributed by atoms with E-state index in [9.17, 15) is 13.2 Å². The van der Waals surface area contributed by atoms with Crippen LogP contribution in [0.5, 0.6) is 0 Å². The van der Waals surface area contributed by atoms with Gasteiger partial charge in [-0.1, -0.05) is 19.1 Å². The van der Waals surface area contributed by atoms with Gasteiger partial charge in [0.05, 0.1) is 10.3 Å². The van der Waals surface area contributed by atoms with Crippen LogP contribution < -0.4 is 0 Å². The lowest BCUT2D eigenvalue weighted by Gasteiger charge is -2.50. The number of amides is 1. The summed E-state index contributed by atoms with van der Waals surface area (Å²) in [5.74, 6) is 0.164. The van der Waals surface area contributed by atoms with E-state index < -0.39 is 10.0 Å². The van der Waals surface area contributed by atoms with E-state index in [1.54, 1.807) is 24.1 Å². The Kier molecular flexibility index (Phi) is 3.77. The van der Waals surface area contributed by atoms with Crippen molar-refractivity contribution in [3.63, 3.8) is 0 Å². The molecular formula is C16H22N2O3S. The largest absolute Gasteiger partial charge is 0.344 e. The van der Waals surface area contributed by atoms with E-state index in [0.29, 0.717) is 30.8 Å². The topological polar surface area (TPSA) is 57.7 Å². The van der Waals surface area contributed by atoms with Crippen molar-refractivity contribution in [1.29, 1.82) is 0 Å². The number of hydrogen-bond acceptors (Lipinski definition) is 3. The third-order valence-electron chi connectivity index (χ3n) is 4.99. The minimum Gasteiger partial charge on any atom is -0.344 e. The molecule has 2 aliphatic heterocycles. The molecule has 1 spiro atoms. The summed E-state index contributed by atoms with van der Waals surface area (Å²) in [4.78, 5) is 14.1. The Balaban J connectivity index is 1.73. The summed E-state index contributed by atoms with van der Waals surface area (Å²) in [5.41, 5.74) is 0.826. The molecule has 22 heavy (non-hydrogen) atoms. The molecule has 2 aliphatic rings. The van der Waals surface area contributed by atoms with Crippen LogP contribution >= 0.6 is 0 Å². The standard InChI is InChI=1S/C16H22N2O3S/c1-3-13-4-6-14(7-5-13)22(20,21)18-10-8-16(9-11-18)12-17(2)15(16)19/h4-7H,3,8-12H2,1-2H3. The van der Waals surface area contributed by atoms with Gasteiger partial charge in [-0.3, -0.25) is 4.79 Å². The van der Waals surface area contributed by atoms with Crippen molar-refractivity contribution in [1.82, 2.24) is 9.21 Å². The van der Waals surface area contributed by atoms with Gasteiger partial charge in [-0.25, -0.2) is 8.42 Å². The fourth-order valence-electron chi connectivity index (χ4n) is 3.48. The Morgan fingerprint density at radius 3 is 2.18 bits per heavy atom. The van der Waals surface area contributed by atoms with Crippen molar-refractivity contribution >= 4 is 15.9 Å². The monoisotopic (exact) mass is 322 g/mol. The quantitative estimate of drug-likeness (QED) is 0.792. The van der Waals surface area contributed by atoms with Gasteiger partial charge in [0, 0.05) is 26.7 Å². The van der Waals surface area contributed by atoms with Crippen LogP contribution in [0.3, 0.4) is 0 Å². The first kappa shape index (κ1) is 15.5. The van der Waals surface area contributed by atoms with Crippen LogP contribution in [0.25, 0.3) is 0 Å². The van der Waals surface area contributed by atoms with E-state index in [0.717, 1.165) is 18.5 Å². The van der Waals surface area contributed by atoms with Crippen LogP contribution in [-0.4, -0.2) is 50.2 Å². The highest BCUT2D eigenvalue weighted by molar-refractivity contribution is 7.89. The van der Waals surface area contributed by atoms with Gasteiger partial charge in [0.2, 0.25) is 15.9 Å². The molecule has 0 radical (unpaired) electrons. The zero-order valence-corrected chi connectivity index (χ0v) is 13.9. The molecule has 6 heteroatoms. The number of carbonyl (C=O) groups is 1. The Morgan fingerprint density at radius 2 is 1.73 bits per heavy atom. The van der Waals surface area contributed by atoms with E-state index in [1.807, 2.05) is 19.1 Å². The summed E-state index contributed by atoms with van der Waals surface area (Å²) >= 11 is 0. The number of likely N-dealkylation sites (tertiary alicyclic amines) is 1. The minimum absolute atomic E-state index is 0.164. The van der Waals surface area contributed by atoms with Crippen LogP contribution in [0.4, 0.5) is 0 Å². The predicted octanol–water partition coefficient (Wildman–Crippen LogP) is 1.49. The van der Waals surface area contributed by atoms with E-state index in [-0.39, 0.29) is 11.3 Å². The molecule has 1 amide bonds. The smallest absolute Gasteiger partial charge is 0.243 e. The third-order valence-corrected chi connectivity index (χ3v) is 6.90. The van der Waals surface area contributed by atoms with Crippen molar-refractivity contribution in [2.75, 3.05) is 26.7 Å². The lowest BCUT2D eigenvalue weighted by atomic mass is 9.72. The van der Waals surface area contributed by atoms with Crippen LogP contribution in [0.1, 0.15) is 25.3 Å². The first-order valence-electron chi connectivity index (χ1n) is 7.74. The second-order valence-corrected chi connectivity index (χ2v) is 8.28. The third kappa shape index (κ3) is 2.34. The predicted molar refractivity (Wildman–Crippen MR) is 83.9 cm³/mol. The van der Waals surface area contributed by atoms with Crippen molar-refractivity contribution in [3.05, 3.63) is 29.8 Å². The number of benzene rings is 1. The molecular weight excluding hydrogens is 300 g/mol. The first-order chi connectivity index (χ1) is 10.4. The maximum absolute atomic E-state index is 12.7. The summed E-state index contributed by atoms with van der Waals surface area (Å²) in [6.45, 7) is 3.65. The van der Waals surface area contributed by atoms with E-state index in [2.05, 4.69) is 0 Å². The summed E-state index contributed by atoms with van der Waals surface area (Å²) in [7, 11) is -1.65. The molecule has 0 saturated carbocycles. The lowest BCUT2D eigenvalue weighted by molar-refractivity contribution is -0.161.